The topological polar surface area (TPSA) is 73.6 Å². The van der Waals surface area contributed by atoms with Crippen LogP contribution in [0.3, 0.4) is 0 Å². The fourth-order valence-electron chi connectivity index (χ4n) is 1.66. The molecule has 1 aromatic rings. The zero-order valence-electron chi connectivity index (χ0n) is 9.60. The molecule has 0 spiro atoms. The molecule has 6 nitrogen and oxygen atoms in total. The van der Waals surface area contributed by atoms with Gasteiger partial charge in [-0.25, -0.2) is 0 Å². The summed E-state index contributed by atoms with van der Waals surface area (Å²) in [6.07, 6.45) is -0.0577. The molecule has 1 atom stereocenters. The minimum Gasteiger partial charge on any atom is -0.484 e. The zero-order chi connectivity index (χ0) is 13.0. The summed E-state index contributed by atoms with van der Waals surface area (Å²) in [6.45, 7) is 2.50. The quantitative estimate of drug-likeness (QED) is 0.499. The van der Waals surface area contributed by atoms with Gasteiger partial charge < -0.3 is 14.8 Å². The van der Waals surface area contributed by atoms with Crippen LogP contribution >= 0.6 is 22.6 Å². The van der Waals surface area contributed by atoms with Crippen LogP contribution in [-0.4, -0.2) is 37.3 Å². The first-order chi connectivity index (χ1) is 8.66. The Morgan fingerprint density at radius 1 is 1.61 bits per heavy atom. The van der Waals surface area contributed by atoms with Crippen molar-refractivity contribution < 1.29 is 14.4 Å². The Morgan fingerprint density at radius 2 is 2.44 bits per heavy atom. The maximum absolute atomic E-state index is 10.9. The maximum atomic E-state index is 10.9. The lowest BCUT2D eigenvalue weighted by molar-refractivity contribution is -0.386. The molecule has 2 rings (SSSR count). The summed E-state index contributed by atoms with van der Waals surface area (Å²) >= 11 is 2.03. The Kier molecular flexibility index (Phi) is 4.72. The molecule has 1 aliphatic heterocycles. The highest BCUT2D eigenvalue weighted by molar-refractivity contribution is 14.1. The fourth-order valence-corrected chi connectivity index (χ4v) is 2.14. The summed E-state index contributed by atoms with van der Waals surface area (Å²) in [5, 5.41) is 14.1. The third kappa shape index (κ3) is 3.53. The standard InChI is InChI=1S/C11H13IN2O4/c12-8-1-2-11(10(5-8)14(15)16)18-7-9-6-13-3-4-17-9/h1-2,5,9,13H,3-4,6-7H2. The molecule has 1 saturated heterocycles. The number of morpholine rings is 1. The van der Waals surface area contributed by atoms with Crippen molar-refractivity contribution in [2.24, 2.45) is 0 Å². The second-order valence-corrected chi connectivity index (χ2v) is 5.12. The van der Waals surface area contributed by atoms with E-state index in [0.29, 0.717) is 19.8 Å². The Balaban J connectivity index is 2.01. The van der Waals surface area contributed by atoms with Gasteiger partial charge in [-0.3, -0.25) is 10.1 Å². The summed E-state index contributed by atoms with van der Waals surface area (Å²) in [5.74, 6) is 0.287. The third-order valence-electron chi connectivity index (χ3n) is 2.55. The van der Waals surface area contributed by atoms with E-state index in [9.17, 15) is 10.1 Å². The molecule has 1 unspecified atom stereocenters. The number of rotatable bonds is 4. The molecule has 1 aromatic carbocycles. The average Bonchev–Trinajstić information content (AvgIpc) is 2.38. The van der Waals surface area contributed by atoms with E-state index in [1.807, 2.05) is 22.6 Å². The van der Waals surface area contributed by atoms with Crippen LogP contribution in [0.2, 0.25) is 0 Å². The largest absolute Gasteiger partial charge is 0.484 e. The van der Waals surface area contributed by atoms with Crippen LogP contribution in [0.1, 0.15) is 0 Å². The van der Waals surface area contributed by atoms with Gasteiger partial charge in [0.15, 0.2) is 5.75 Å². The maximum Gasteiger partial charge on any atom is 0.311 e. The summed E-state index contributed by atoms with van der Waals surface area (Å²) in [5.41, 5.74) is -0.00864. The van der Waals surface area contributed by atoms with Gasteiger partial charge in [-0.05, 0) is 34.7 Å². The number of hydrogen-bond acceptors (Lipinski definition) is 5. The van der Waals surface area contributed by atoms with Gasteiger partial charge in [0.2, 0.25) is 0 Å². The van der Waals surface area contributed by atoms with Gasteiger partial charge >= 0.3 is 5.69 Å². The molecule has 0 aliphatic carbocycles. The van der Waals surface area contributed by atoms with Gasteiger partial charge in [-0.1, -0.05) is 0 Å². The SMILES string of the molecule is O=[N+]([O-])c1cc(I)ccc1OCC1CNCCO1. The normalized spacial score (nSPS) is 19.5. The van der Waals surface area contributed by atoms with Crippen LogP contribution in [0, 0.1) is 13.7 Å². The van der Waals surface area contributed by atoms with Crippen molar-refractivity contribution in [3.8, 4) is 5.75 Å². The predicted octanol–water partition coefficient (Wildman–Crippen LogP) is 1.57. The van der Waals surface area contributed by atoms with Crippen molar-refractivity contribution in [2.45, 2.75) is 6.10 Å². The Labute approximate surface area is 118 Å². The first-order valence-corrected chi connectivity index (χ1v) is 6.64. The smallest absolute Gasteiger partial charge is 0.311 e. The molecular formula is C11H13IN2O4. The lowest BCUT2D eigenvalue weighted by atomic mass is 10.3. The monoisotopic (exact) mass is 364 g/mol. The van der Waals surface area contributed by atoms with E-state index in [2.05, 4.69) is 5.32 Å². The lowest BCUT2D eigenvalue weighted by Crippen LogP contribution is -2.41. The molecule has 0 bridgehead atoms. The predicted molar refractivity (Wildman–Crippen MR) is 73.9 cm³/mol. The summed E-state index contributed by atoms with van der Waals surface area (Å²) in [6, 6.07) is 4.90. The summed E-state index contributed by atoms with van der Waals surface area (Å²) in [7, 11) is 0. The van der Waals surface area contributed by atoms with Crippen LogP contribution in [-0.2, 0) is 4.74 Å². The first kappa shape index (κ1) is 13.5. The van der Waals surface area contributed by atoms with E-state index in [-0.39, 0.29) is 17.5 Å². The molecule has 0 amide bonds. The zero-order valence-corrected chi connectivity index (χ0v) is 11.8. The molecular weight excluding hydrogens is 351 g/mol. The number of halogens is 1. The summed E-state index contributed by atoms with van der Waals surface area (Å²) < 4.78 is 11.8. The van der Waals surface area contributed by atoms with Gasteiger partial charge in [0.05, 0.1) is 11.5 Å². The van der Waals surface area contributed by atoms with Crippen molar-refractivity contribution >= 4 is 28.3 Å². The van der Waals surface area contributed by atoms with Crippen LogP contribution in [0.15, 0.2) is 18.2 Å². The molecule has 1 aliphatic rings. The van der Waals surface area contributed by atoms with Gasteiger partial charge in [0.1, 0.15) is 12.7 Å². The Bertz CT molecular complexity index is 435. The molecule has 7 heteroatoms. The van der Waals surface area contributed by atoms with Gasteiger partial charge in [0.25, 0.3) is 0 Å². The van der Waals surface area contributed by atoms with Crippen molar-refractivity contribution in [1.82, 2.24) is 5.32 Å². The van der Waals surface area contributed by atoms with E-state index in [1.165, 1.54) is 6.07 Å². The second-order valence-electron chi connectivity index (χ2n) is 3.88. The second kappa shape index (κ2) is 6.30. The third-order valence-corrected chi connectivity index (χ3v) is 3.22. The first-order valence-electron chi connectivity index (χ1n) is 5.56. The van der Waals surface area contributed by atoms with E-state index in [0.717, 1.165) is 10.1 Å². The minimum absolute atomic E-state index is 0.00864. The Morgan fingerprint density at radius 3 is 3.11 bits per heavy atom. The molecule has 0 saturated carbocycles. The highest BCUT2D eigenvalue weighted by Gasteiger charge is 2.19. The molecule has 1 N–H and O–H groups in total. The number of hydrogen-bond donors (Lipinski definition) is 1. The number of nitro benzene ring substituents is 1. The number of nitrogens with one attached hydrogen (secondary N) is 1. The highest BCUT2D eigenvalue weighted by Crippen LogP contribution is 2.28. The van der Waals surface area contributed by atoms with Crippen molar-refractivity contribution in [3.05, 3.63) is 31.9 Å². The van der Waals surface area contributed by atoms with Crippen molar-refractivity contribution in [2.75, 3.05) is 26.3 Å². The van der Waals surface area contributed by atoms with E-state index in [1.54, 1.807) is 12.1 Å². The average molecular weight is 364 g/mol. The van der Waals surface area contributed by atoms with Crippen LogP contribution < -0.4 is 10.1 Å². The van der Waals surface area contributed by atoms with E-state index < -0.39 is 4.92 Å². The molecule has 0 aromatic heterocycles. The van der Waals surface area contributed by atoms with Crippen molar-refractivity contribution in [3.63, 3.8) is 0 Å². The van der Waals surface area contributed by atoms with E-state index in [4.69, 9.17) is 9.47 Å². The van der Waals surface area contributed by atoms with E-state index >= 15 is 0 Å². The fraction of sp³-hybridized carbons (Fsp3) is 0.455. The van der Waals surface area contributed by atoms with Gasteiger partial charge in [-0.15, -0.1) is 0 Å². The van der Waals surface area contributed by atoms with Gasteiger partial charge in [0, 0.05) is 22.7 Å². The molecule has 98 valence electrons. The lowest BCUT2D eigenvalue weighted by Gasteiger charge is -2.23. The minimum atomic E-state index is -0.433. The van der Waals surface area contributed by atoms with Gasteiger partial charge in [-0.2, -0.15) is 0 Å². The van der Waals surface area contributed by atoms with Crippen LogP contribution in [0.5, 0.6) is 5.75 Å². The molecule has 0 radical (unpaired) electrons. The number of nitrogens with zero attached hydrogens (tertiary/aromatic N) is 1. The van der Waals surface area contributed by atoms with Crippen LogP contribution in [0.25, 0.3) is 0 Å². The molecule has 1 heterocycles. The van der Waals surface area contributed by atoms with Crippen LogP contribution in [0.4, 0.5) is 5.69 Å². The van der Waals surface area contributed by atoms with Crippen molar-refractivity contribution in [1.29, 1.82) is 0 Å². The molecule has 1 fully saturated rings. The molecule has 18 heavy (non-hydrogen) atoms. The number of nitro groups is 1. The highest BCUT2D eigenvalue weighted by atomic mass is 127. The Hall–Kier alpha value is -0.930. The number of benzene rings is 1. The summed E-state index contributed by atoms with van der Waals surface area (Å²) in [4.78, 5) is 10.5. The number of ether oxygens (including phenoxy) is 2.